The molecule has 156 valence electrons. The first-order valence-electron chi connectivity index (χ1n) is 8.96. The van der Waals surface area contributed by atoms with Crippen molar-refractivity contribution in [3.8, 4) is 28.5 Å². The van der Waals surface area contributed by atoms with Crippen molar-refractivity contribution in [1.82, 2.24) is 20.6 Å². The number of hydrogen-bond donors (Lipinski definition) is 2. The number of tetrazole rings is 1. The van der Waals surface area contributed by atoms with E-state index in [0.29, 0.717) is 39.4 Å². The van der Waals surface area contributed by atoms with Crippen molar-refractivity contribution in [2.75, 3.05) is 11.0 Å². The summed E-state index contributed by atoms with van der Waals surface area (Å²) in [6.45, 7) is 3.66. The Morgan fingerprint density at radius 2 is 1.93 bits per heavy atom. The van der Waals surface area contributed by atoms with Crippen LogP contribution in [0, 0.1) is 5.82 Å². The fourth-order valence-corrected chi connectivity index (χ4v) is 3.62. The van der Waals surface area contributed by atoms with Crippen LogP contribution in [0.5, 0.6) is 5.75 Å². The van der Waals surface area contributed by atoms with Crippen molar-refractivity contribution in [3.63, 3.8) is 0 Å². The van der Waals surface area contributed by atoms with Crippen LogP contribution in [0.4, 0.5) is 10.1 Å². The molecular formula is C19H18FN5O4S. The maximum absolute atomic E-state index is 13.4. The molecule has 11 heteroatoms. The lowest BCUT2D eigenvalue weighted by atomic mass is 10.0. The fourth-order valence-electron chi connectivity index (χ4n) is 3.06. The number of aromatic amines is 1. The molecule has 0 aliphatic rings. The number of nitrogens with zero attached hydrogens (tertiary/aromatic N) is 3. The molecule has 4 rings (SSSR count). The summed E-state index contributed by atoms with van der Waals surface area (Å²) in [6.07, 6.45) is 0.843. The van der Waals surface area contributed by atoms with Gasteiger partial charge in [0.1, 0.15) is 22.9 Å². The summed E-state index contributed by atoms with van der Waals surface area (Å²) in [5.41, 5.74) is 1.76. The topological polar surface area (TPSA) is 123 Å². The Labute approximate surface area is 171 Å². The molecular weight excluding hydrogens is 413 g/mol. The SMILES string of the molecule is CC(C)Oc1cc2c(-c3nnn[nH]3)c(-c3ccc(F)cc3)oc2cc1NS(C)(=O)=O. The van der Waals surface area contributed by atoms with Crippen molar-refractivity contribution >= 4 is 26.7 Å². The second-order valence-corrected chi connectivity index (χ2v) is 8.70. The van der Waals surface area contributed by atoms with E-state index in [0.717, 1.165) is 6.26 Å². The smallest absolute Gasteiger partial charge is 0.229 e. The van der Waals surface area contributed by atoms with Crippen LogP contribution in [0.25, 0.3) is 33.7 Å². The summed E-state index contributed by atoms with van der Waals surface area (Å²) < 4.78 is 51.4. The number of benzene rings is 2. The van der Waals surface area contributed by atoms with E-state index in [-0.39, 0.29) is 17.6 Å². The van der Waals surface area contributed by atoms with Crippen LogP contribution in [0.15, 0.2) is 40.8 Å². The quantitative estimate of drug-likeness (QED) is 0.478. The van der Waals surface area contributed by atoms with Crippen molar-refractivity contribution in [1.29, 1.82) is 0 Å². The summed E-state index contributed by atoms with van der Waals surface area (Å²) in [4.78, 5) is 0. The van der Waals surface area contributed by atoms with Gasteiger partial charge in [-0.05, 0) is 54.6 Å². The average Bonchev–Trinajstić information content (AvgIpc) is 3.28. The minimum absolute atomic E-state index is 0.207. The zero-order valence-electron chi connectivity index (χ0n) is 16.3. The Bertz CT molecular complexity index is 1300. The van der Waals surface area contributed by atoms with Gasteiger partial charge >= 0.3 is 0 Å². The maximum Gasteiger partial charge on any atom is 0.229 e. The van der Waals surface area contributed by atoms with Crippen LogP contribution >= 0.6 is 0 Å². The van der Waals surface area contributed by atoms with E-state index < -0.39 is 10.0 Å². The highest BCUT2D eigenvalue weighted by Crippen LogP contribution is 2.43. The molecule has 0 bridgehead atoms. The van der Waals surface area contributed by atoms with E-state index >= 15 is 0 Å². The summed E-state index contributed by atoms with van der Waals surface area (Å²) in [6, 6.07) is 8.97. The fraction of sp³-hybridized carbons (Fsp3) is 0.211. The zero-order chi connectivity index (χ0) is 21.5. The normalized spacial score (nSPS) is 11.9. The second-order valence-electron chi connectivity index (χ2n) is 6.95. The van der Waals surface area contributed by atoms with Crippen LogP contribution in [0.1, 0.15) is 13.8 Å². The third-order valence-electron chi connectivity index (χ3n) is 4.14. The van der Waals surface area contributed by atoms with Crippen molar-refractivity contribution in [2.45, 2.75) is 20.0 Å². The molecule has 30 heavy (non-hydrogen) atoms. The van der Waals surface area contributed by atoms with E-state index in [9.17, 15) is 12.8 Å². The molecule has 0 aliphatic heterocycles. The predicted octanol–water partition coefficient (Wildman–Crippen LogP) is 3.58. The van der Waals surface area contributed by atoms with Gasteiger partial charge < -0.3 is 9.15 Å². The van der Waals surface area contributed by atoms with Gasteiger partial charge in [-0.2, -0.15) is 0 Å². The summed E-state index contributed by atoms with van der Waals surface area (Å²) in [5, 5.41) is 14.5. The van der Waals surface area contributed by atoms with Gasteiger partial charge in [-0.1, -0.05) is 0 Å². The summed E-state index contributed by atoms with van der Waals surface area (Å²) >= 11 is 0. The number of anilines is 1. The molecule has 9 nitrogen and oxygen atoms in total. The highest BCUT2D eigenvalue weighted by atomic mass is 32.2. The first kappa shape index (κ1) is 19.8. The molecule has 0 radical (unpaired) electrons. The molecule has 2 aromatic heterocycles. The highest BCUT2D eigenvalue weighted by molar-refractivity contribution is 7.92. The van der Waals surface area contributed by atoms with Gasteiger partial charge in [-0.15, -0.1) is 5.10 Å². The maximum atomic E-state index is 13.4. The molecule has 0 spiro atoms. The molecule has 2 heterocycles. The van der Waals surface area contributed by atoms with Gasteiger partial charge in [0.15, 0.2) is 5.82 Å². The van der Waals surface area contributed by atoms with Crippen LogP contribution in [-0.4, -0.2) is 41.4 Å². The zero-order valence-corrected chi connectivity index (χ0v) is 17.1. The van der Waals surface area contributed by atoms with E-state index in [4.69, 9.17) is 9.15 Å². The Balaban J connectivity index is 2.00. The second kappa shape index (κ2) is 7.41. The Morgan fingerprint density at radius 1 is 1.20 bits per heavy atom. The van der Waals surface area contributed by atoms with E-state index in [1.54, 1.807) is 18.2 Å². The first-order chi connectivity index (χ1) is 14.2. The number of nitrogens with one attached hydrogen (secondary N) is 2. The molecule has 0 unspecified atom stereocenters. The van der Waals surface area contributed by atoms with Crippen molar-refractivity contribution < 1.29 is 22.0 Å². The molecule has 2 N–H and O–H groups in total. The minimum Gasteiger partial charge on any atom is -0.489 e. The van der Waals surface area contributed by atoms with Gasteiger partial charge in [0.25, 0.3) is 0 Å². The van der Waals surface area contributed by atoms with Gasteiger partial charge in [-0.25, -0.2) is 17.9 Å². The van der Waals surface area contributed by atoms with E-state index in [1.165, 1.54) is 18.2 Å². The van der Waals surface area contributed by atoms with E-state index in [2.05, 4.69) is 25.3 Å². The van der Waals surface area contributed by atoms with Crippen LogP contribution < -0.4 is 9.46 Å². The monoisotopic (exact) mass is 431 g/mol. The number of furan rings is 1. The molecule has 0 saturated carbocycles. The molecule has 0 fully saturated rings. The van der Waals surface area contributed by atoms with Crippen LogP contribution in [0.2, 0.25) is 0 Å². The van der Waals surface area contributed by atoms with Gasteiger partial charge in [0, 0.05) is 17.0 Å². The molecule has 0 amide bonds. The number of H-pyrrole nitrogens is 1. The standard InChI is InChI=1S/C19H18FN5O4S/c1-10(2)28-16-8-13-15(9-14(16)23-30(3,26)27)29-18(11-4-6-12(20)7-5-11)17(13)19-21-24-25-22-19/h4-10,23H,1-3H3,(H,21,22,24,25). The minimum atomic E-state index is -3.56. The van der Waals surface area contributed by atoms with Crippen LogP contribution in [-0.2, 0) is 10.0 Å². The molecule has 0 saturated heterocycles. The lowest BCUT2D eigenvalue weighted by Crippen LogP contribution is -2.13. The molecule has 2 aromatic carbocycles. The number of rotatable bonds is 6. The number of aromatic nitrogens is 4. The lowest BCUT2D eigenvalue weighted by molar-refractivity contribution is 0.244. The third-order valence-corrected chi connectivity index (χ3v) is 4.73. The summed E-state index contributed by atoms with van der Waals surface area (Å²) in [7, 11) is -3.56. The molecule has 0 aliphatic carbocycles. The Morgan fingerprint density at radius 3 is 2.53 bits per heavy atom. The Hall–Kier alpha value is -3.47. The highest BCUT2D eigenvalue weighted by Gasteiger charge is 2.23. The Kier molecular flexibility index (Phi) is 4.90. The predicted molar refractivity (Wildman–Crippen MR) is 109 cm³/mol. The molecule has 0 atom stereocenters. The van der Waals surface area contributed by atoms with Gasteiger partial charge in [-0.3, -0.25) is 4.72 Å². The first-order valence-corrected chi connectivity index (χ1v) is 10.9. The van der Waals surface area contributed by atoms with Crippen molar-refractivity contribution in [3.05, 3.63) is 42.2 Å². The largest absolute Gasteiger partial charge is 0.489 e. The van der Waals surface area contributed by atoms with E-state index in [1.807, 2.05) is 13.8 Å². The number of hydrogen-bond acceptors (Lipinski definition) is 7. The molecule has 4 aromatic rings. The summed E-state index contributed by atoms with van der Waals surface area (Å²) in [5.74, 6) is 0.677. The van der Waals surface area contributed by atoms with Crippen molar-refractivity contribution in [2.24, 2.45) is 0 Å². The van der Waals surface area contributed by atoms with Crippen LogP contribution in [0.3, 0.4) is 0 Å². The number of fused-ring (bicyclic) bond motifs is 1. The lowest BCUT2D eigenvalue weighted by Gasteiger charge is -2.15. The number of sulfonamides is 1. The van der Waals surface area contributed by atoms with Gasteiger partial charge in [0.05, 0.1) is 23.6 Å². The number of ether oxygens (including phenoxy) is 1. The third kappa shape index (κ3) is 3.96. The number of halogens is 1. The average molecular weight is 431 g/mol. The van der Waals surface area contributed by atoms with Gasteiger partial charge in [0.2, 0.25) is 10.0 Å².